The lowest BCUT2D eigenvalue weighted by Crippen LogP contribution is -2.35. The highest BCUT2D eigenvalue weighted by Gasteiger charge is 2.42. The first-order valence-electron chi connectivity index (χ1n) is 9.51. The van der Waals surface area contributed by atoms with Gasteiger partial charge in [0.25, 0.3) is 0 Å². The lowest BCUT2D eigenvalue weighted by atomic mass is 9.78. The maximum atomic E-state index is 4.55. The molecule has 1 saturated carbocycles. The van der Waals surface area contributed by atoms with Crippen LogP contribution in [0, 0.1) is 11.8 Å². The molecule has 26 heavy (non-hydrogen) atoms. The summed E-state index contributed by atoms with van der Waals surface area (Å²) in [6.45, 7) is 0. The highest BCUT2D eigenvalue weighted by molar-refractivity contribution is 8.22. The van der Waals surface area contributed by atoms with Crippen LogP contribution in [0.2, 0.25) is 0 Å². The fraction of sp³-hybridized carbons (Fsp3) is 1.00. The number of thiol groups is 2. The van der Waals surface area contributed by atoms with E-state index in [0.717, 1.165) is 53.5 Å². The number of rotatable bonds is 8. The van der Waals surface area contributed by atoms with Gasteiger partial charge in [0.15, 0.2) is 0 Å². The molecule has 8 atom stereocenters. The SMILES string of the molecule is CSC(C1CCCC(C(SC)C2SCC(CS)S2)C1)C1SCC(CS)S1. The topological polar surface area (TPSA) is 0 Å². The van der Waals surface area contributed by atoms with Crippen LogP contribution in [-0.2, 0) is 0 Å². The van der Waals surface area contributed by atoms with E-state index in [1.54, 1.807) is 0 Å². The summed E-state index contributed by atoms with van der Waals surface area (Å²) in [6, 6.07) is 0. The molecule has 2 saturated heterocycles. The molecule has 0 bridgehead atoms. The van der Waals surface area contributed by atoms with E-state index in [-0.39, 0.29) is 0 Å². The molecule has 8 heteroatoms. The van der Waals surface area contributed by atoms with Gasteiger partial charge < -0.3 is 0 Å². The fourth-order valence-corrected chi connectivity index (χ4v) is 16.1. The maximum absolute atomic E-state index is 4.55. The Morgan fingerprint density at radius 3 is 1.65 bits per heavy atom. The van der Waals surface area contributed by atoms with Crippen molar-refractivity contribution in [2.24, 2.45) is 11.8 Å². The maximum Gasteiger partial charge on any atom is 0.0627 e. The Hall–Kier alpha value is 2.80. The van der Waals surface area contributed by atoms with Crippen molar-refractivity contribution in [2.75, 3.05) is 35.5 Å². The first kappa shape index (κ1) is 23.5. The quantitative estimate of drug-likeness (QED) is 0.361. The molecule has 0 aromatic carbocycles. The molecule has 3 aliphatic rings. The number of thioether (sulfide) groups is 6. The predicted molar refractivity (Wildman–Crippen MR) is 143 cm³/mol. The second-order valence-electron chi connectivity index (χ2n) is 7.37. The van der Waals surface area contributed by atoms with Crippen LogP contribution in [0.3, 0.4) is 0 Å². The van der Waals surface area contributed by atoms with E-state index in [1.165, 1.54) is 37.2 Å². The van der Waals surface area contributed by atoms with Gasteiger partial charge in [-0.3, -0.25) is 0 Å². The highest BCUT2D eigenvalue weighted by Crippen LogP contribution is 2.52. The molecular formula is C18H32S8. The average Bonchev–Trinajstić information content (AvgIpc) is 3.33. The van der Waals surface area contributed by atoms with Gasteiger partial charge in [-0.25, -0.2) is 0 Å². The van der Waals surface area contributed by atoms with Crippen LogP contribution >= 0.6 is 95.8 Å². The van der Waals surface area contributed by atoms with E-state index in [2.05, 4.69) is 108 Å². The van der Waals surface area contributed by atoms with Crippen LogP contribution < -0.4 is 0 Å². The van der Waals surface area contributed by atoms with Gasteiger partial charge in [-0.2, -0.15) is 48.8 Å². The zero-order valence-corrected chi connectivity index (χ0v) is 22.3. The Morgan fingerprint density at radius 1 is 0.846 bits per heavy atom. The Kier molecular flexibility index (Phi) is 10.8. The van der Waals surface area contributed by atoms with Crippen LogP contribution in [0.25, 0.3) is 0 Å². The molecule has 0 spiro atoms. The van der Waals surface area contributed by atoms with Crippen molar-refractivity contribution >= 4 is 95.8 Å². The van der Waals surface area contributed by atoms with Gasteiger partial charge in [0.2, 0.25) is 0 Å². The van der Waals surface area contributed by atoms with Crippen molar-refractivity contribution in [3.05, 3.63) is 0 Å². The van der Waals surface area contributed by atoms with E-state index >= 15 is 0 Å². The first-order chi connectivity index (χ1) is 12.7. The second-order valence-corrected chi connectivity index (χ2v) is 16.0. The molecule has 0 N–H and O–H groups in total. The highest BCUT2D eigenvalue weighted by atomic mass is 32.2. The van der Waals surface area contributed by atoms with Crippen LogP contribution in [0.1, 0.15) is 25.7 Å². The number of hydrogen-bond acceptors (Lipinski definition) is 8. The Balaban J connectivity index is 1.60. The summed E-state index contributed by atoms with van der Waals surface area (Å²) in [5, 5.41) is 3.19. The second kappa shape index (κ2) is 12.0. The van der Waals surface area contributed by atoms with E-state index in [4.69, 9.17) is 0 Å². The number of hydrogen-bond donors (Lipinski definition) is 2. The molecule has 0 aromatic rings. The normalized spacial score (nSPS) is 40.6. The molecule has 152 valence electrons. The third-order valence-electron chi connectivity index (χ3n) is 5.72. The van der Waals surface area contributed by atoms with Crippen molar-refractivity contribution in [2.45, 2.75) is 55.8 Å². The van der Waals surface area contributed by atoms with Crippen molar-refractivity contribution in [1.82, 2.24) is 0 Å². The minimum Gasteiger partial charge on any atom is -0.178 e. The van der Waals surface area contributed by atoms with E-state index in [1.807, 2.05) is 0 Å². The van der Waals surface area contributed by atoms with Gasteiger partial charge in [0, 0.05) is 44.0 Å². The summed E-state index contributed by atoms with van der Waals surface area (Å²) in [6.07, 6.45) is 10.5. The first-order valence-corrected chi connectivity index (χ1v) is 17.3. The monoisotopic (exact) mass is 504 g/mol. The van der Waals surface area contributed by atoms with Gasteiger partial charge in [-0.1, -0.05) is 6.42 Å². The van der Waals surface area contributed by atoms with Gasteiger partial charge in [0.1, 0.15) is 0 Å². The summed E-state index contributed by atoms with van der Waals surface area (Å²) in [5.41, 5.74) is 0. The van der Waals surface area contributed by atoms with E-state index in [0.29, 0.717) is 0 Å². The third-order valence-corrected chi connectivity index (χ3v) is 17.1. The summed E-state index contributed by atoms with van der Waals surface area (Å²) in [7, 11) is 0. The predicted octanol–water partition coefficient (Wildman–Crippen LogP) is 6.47. The van der Waals surface area contributed by atoms with Crippen LogP contribution in [0.4, 0.5) is 0 Å². The lowest BCUT2D eigenvalue weighted by molar-refractivity contribution is 0.264. The molecule has 8 unspecified atom stereocenters. The summed E-state index contributed by atoms with van der Waals surface area (Å²) in [5.74, 6) is 6.53. The molecule has 3 rings (SSSR count). The summed E-state index contributed by atoms with van der Waals surface area (Å²) < 4.78 is 1.59. The van der Waals surface area contributed by atoms with Crippen molar-refractivity contribution in [3.63, 3.8) is 0 Å². The van der Waals surface area contributed by atoms with E-state index < -0.39 is 0 Å². The third kappa shape index (κ3) is 5.94. The molecule has 0 nitrogen and oxygen atoms in total. The molecule has 3 fully saturated rings. The van der Waals surface area contributed by atoms with Gasteiger partial charge >= 0.3 is 0 Å². The van der Waals surface area contributed by atoms with Crippen molar-refractivity contribution < 1.29 is 0 Å². The Labute approximate surface area is 197 Å². The molecule has 1 aliphatic carbocycles. The lowest BCUT2D eigenvalue weighted by Gasteiger charge is -2.40. The standard InChI is InChI=1S/C18H32S8/c1-21-15(17-23-9-13(7-19)25-17)11-4-3-5-12(6-11)16(22-2)18-24-10-14(8-20)26-18/h11-20H,3-10H2,1-2H3. The fourth-order valence-electron chi connectivity index (χ4n) is 4.39. The average molecular weight is 505 g/mol. The molecular weight excluding hydrogens is 473 g/mol. The van der Waals surface area contributed by atoms with Crippen molar-refractivity contribution in [1.29, 1.82) is 0 Å². The molecule has 2 aliphatic heterocycles. The Bertz CT molecular complexity index is 386. The zero-order chi connectivity index (χ0) is 18.5. The smallest absolute Gasteiger partial charge is 0.0627 e. The molecule has 0 aromatic heterocycles. The molecule has 0 amide bonds. The Morgan fingerprint density at radius 2 is 1.31 bits per heavy atom. The summed E-state index contributed by atoms with van der Waals surface area (Å²) >= 11 is 22.3. The van der Waals surface area contributed by atoms with Gasteiger partial charge in [-0.15, -0.1) is 47.0 Å². The summed E-state index contributed by atoms with van der Waals surface area (Å²) in [4.78, 5) is 0. The van der Waals surface area contributed by atoms with Gasteiger partial charge in [-0.05, 0) is 43.6 Å². The van der Waals surface area contributed by atoms with Crippen molar-refractivity contribution in [3.8, 4) is 0 Å². The molecule has 0 radical (unpaired) electrons. The zero-order valence-electron chi connectivity index (χ0n) is 15.6. The van der Waals surface area contributed by atoms with E-state index in [9.17, 15) is 0 Å². The van der Waals surface area contributed by atoms with Crippen LogP contribution in [0.15, 0.2) is 0 Å². The van der Waals surface area contributed by atoms with Crippen LogP contribution in [0.5, 0.6) is 0 Å². The minimum atomic E-state index is 0.769. The largest absolute Gasteiger partial charge is 0.178 e. The van der Waals surface area contributed by atoms with Gasteiger partial charge in [0.05, 0.1) is 9.16 Å². The van der Waals surface area contributed by atoms with Crippen LogP contribution in [-0.4, -0.2) is 65.7 Å². The molecule has 2 heterocycles. The minimum absolute atomic E-state index is 0.769.